The maximum atomic E-state index is 12.4. The van der Waals surface area contributed by atoms with Gasteiger partial charge in [0.15, 0.2) is 0 Å². The van der Waals surface area contributed by atoms with Gasteiger partial charge in [0.25, 0.3) is 0 Å². The minimum atomic E-state index is -0.857. The normalized spacial score (nSPS) is 21.9. The zero-order valence-electron chi connectivity index (χ0n) is 11.0. The first-order valence-corrected chi connectivity index (χ1v) is 6.66. The second-order valence-electron chi connectivity index (χ2n) is 5.46. The smallest absolute Gasteiger partial charge is 0.249 e. The van der Waals surface area contributed by atoms with Crippen LogP contribution in [0.15, 0.2) is 11.6 Å². The number of aromatic nitrogens is 1. The highest BCUT2D eigenvalue weighted by atomic mass is 32.1. The number of piperazine rings is 1. The third-order valence-corrected chi connectivity index (χ3v) is 3.98. The minimum absolute atomic E-state index is 0.0812. The van der Waals surface area contributed by atoms with Gasteiger partial charge in [0.05, 0.1) is 6.54 Å². The van der Waals surface area contributed by atoms with Gasteiger partial charge in [-0.1, -0.05) is 0 Å². The first-order chi connectivity index (χ1) is 8.25. The highest BCUT2D eigenvalue weighted by Crippen LogP contribution is 2.28. The van der Waals surface area contributed by atoms with Crippen LogP contribution in [0.2, 0.25) is 0 Å². The van der Waals surface area contributed by atoms with Crippen molar-refractivity contribution in [2.75, 3.05) is 0 Å². The molecule has 2 heterocycles. The number of hydrogen-bond acceptors (Lipinski definition) is 4. The summed E-state index contributed by atoms with van der Waals surface area (Å²) in [7, 11) is 0. The van der Waals surface area contributed by atoms with Gasteiger partial charge >= 0.3 is 0 Å². The number of rotatable bonds is 2. The molecule has 1 aromatic rings. The molecule has 98 valence electrons. The van der Waals surface area contributed by atoms with Crippen LogP contribution in [0.5, 0.6) is 0 Å². The van der Waals surface area contributed by atoms with E-state index >= 15 is 0 Å². The highest BCUT2D eigenvalue weighted by Gasteiger charge is 2.50. The average molecular weight is 267 g/mol. The second kappa shape index (κ2) is 4.05. The predicted octanol–water partition coefficient (Wildman–Crippen LogP) is 1.16. The molecule has 1 saturated heterocycles. The Morgan fingerprint density at radius 1 is 1.33 bits per heavy atom. The molecule has 1 fully saturated rings. The van der Waals surface area contributed by atoms with E-state index in [4.69, 9.17) is 0 Å². The highest BCUT2D eigenvalue weighted by molar-refractivity contribution is 7.09. The van der Waals surface area contributed by atoms with Gasteiger partial charge in [-0.3, -0.25) is 9.59 Å². The number of carbonyl (C=O) groups is 2. The van der Waals surface area contributed by atoms with E-state index in [2.05, 4.69) is 10.3 Å². The van der Waals surface area contributed by atoms with Crippen LogP contribution in [0, 0.1) is 0 Å². The van der Waals surface area contributed by atoms with Crippen LogP contribution < -0.4 is 5.32 Å². The summed E-state index contributed by atoms with van der Waals surface area (Å²) in [5.74, 6) is -0.217. The van der Waals surface area contributed by atoms with E-state index < -0.39 is 11.1 Å². The quantitative estimate of drug-likeness (QED) is 0.874. The summed E-state index contributed by atoms with van der Waals surface area (Å²) < 4.78 is 0. The second-order valence-corrected chi connectivity index (χ2v) is 6.43. The van der Waals surface area contributed by atoms with E-state index in [-0.39, 0.29) is 11.8 Å². The molecule has 6 heteroatoms. The van der Waals surface area contributed by atoms with E-state index in [1.807, 2.05) is 5.38 Å². The first kappa shape index (κ1) is 13.0. The molecule has 1 aliphatic rings. The molecule has 0 saturated carbocycles. The van der Waals surface area contributed by atoms with E-state index in [0.29, 0.717) is 6.54 Å². The van der Waals surface area contributed by atoms with E-state index in [1.165, 1.54) is 11.3 Å². The van der Waals surface area contributed by atoms with Crippen molar-refractivity contribution >= 4 is 23.2 Å². The van der Waals surface area contributed by atoms with Crippen LogP contribution in [0.4, 0.5) is 0 Å². The molecule has 2 amide bonds. The topological polar surface area (TPSA) is 62.3 Å². The molecular weight excluding hydrogens is 250 g/mol. The van der Waals surface area contributed by atoms with Gasteiger partial charge in [0.1, 0.15) is 16.1 Å². The van der Waals surface area contributed by atoms with Gasteiger partial charge in [-0.15, -0.1) is 11.3 Å². The molecule has 0 aromatic carbocycles. The lowest BCUT2D eigenvalue weighted by molar-refractivity contribution is -0.160. The van der Waals surface area contributed by atoms with Gasteiger partial charge in [0.2, 0.25) is 11.8 Å². The first-order valence-electron chi connectivity index (χ1n) is 5.78. The van der Waals surface area contributed by atoms with Crippen LogP contribution in [-0.4, -0.2) is 32.8 Å². The summed E-state index contributed by atoms with van der Waals surface area (Å²) in [6.45, 7) is 7.32. The Morgan fingerprint density at radius 3 is 2.56 bits per heavy atom. The average Bonchev–Trinajstić information content (AvgIpc) is 2.75. The van der Waals surface area contributed by atoms with Crippen LogP contribution >= 0.6 is 11.3 Å². The number of nitrogens with zero attached hydrogens (tertiary/aromatic N) is 2. The van der Waals surface area contributed by atoms with Crippen molar-refractivity contribution in [2.24, 2.45) is 0 Å². The van der Waals surface area contributed by atoms with Gasteiger partial charge in [-0.25, -0.2) is 4.98 Å². The summed E-state index contributed by atoms with van der Waals surface area (Å²) in [6, 6.07) is 0. The lowest BCUT2D eigenvalue weighted by Crippen LogP contribution is -2.71. The molecule has 1 aliphatic heterocycles. The fraction of sp³-hybridized carbons (Fsp3) is 0.583. The van der Waals surface area contributed by atoms with Gasteiger partial charge in [-0.05, 0) is 27.7 Å². The van der Waals surface area contributed by atoms with E-state index in [9.17, 15) is 9.59 Å². The Labute approximate surface area is 110 Å². The molecule has 0 radical (unpaired) electrons. The van der Waals surface area contributed by atoms with Crippen LogP contribution in [0.3, 0.4) is 0 Å². The molecule has 18 heavy (non-hydrogen) atoms. The maximum absolute atomic E-state index is 12.4. The van der Waals surface area contributed by atoms with E-state index in [0.717, 1.165) is 5.01 Å². The van der Waals surface area contributed by atoms with Crippen molar-refractivity contribution in [3.05, 3.63) is 16.6 Å². The third kappa shape index (κ3) is 2.01. The fourth-order valence-corrected chi connectivity index (χ4v) is 2.54. The molecule has 0 bridgehead atoms. The Hall–Kier alpha value is -1.43. The monoisotopic (exact) mass is 267 g/mol. The molecule has 2 rings (SSSR count). The zero-order valence-corrected chi connectivity index (χ0v) is 11.8. The van der Waals surface area contributed by atoms with Gasteiger partial charge in [0, 0.05) is 11.6 Å². The van der Waals surface area contributed by atoms with Crippen molar-refractivity contribution in [3.8, 4) is 0 Å². The molecule has 5 nitrogen and oxygen atoms in total. The molecule has 1 aromatic heterocycles. The number of carbonyl (C=O) groups excluding carboxylic acids is 2. The summed E-state index contributed by atoms with van der Waals surface area (Å²) in [5, 5.41) is 5.46. The van der Waals surface area contributed by atoms with Crippen molar-refractivity contribution in [2.45, 2.75) is 45.3 Å². The van der Waals surface area contributed by atoms with Crippen LogP contribution in [0.25, 0.3) is 0 Å². The molecule has 0 unspecified atom stereocenters. The van der Waals surface area contributed by atoms with Crippen molar-refractivity contribution in [1.82, 2.24) is 15.2 Å². The largest absolute Gasteiger partial charge is 0.340 e. The van der Waals surface area contributed by atoms with Crippen LogP contribution in [0.1, 0.15) is 32.7 Å². The lowest BCUT2D eigenvalue weighted by atomic mass is 9.90. The molecular formula is C12H17N3O2S. The minimum Gasteiger partial charge on any atom is -0.340 e. The van der Waals surface area contributed by atoms with Gasteiger partial charge < -0.3 is 10.2 Å². The van der Waals surface area contributed by atoms with Crippen LogP contribution in [-0.2, 0) is 16.1 Å². The van der Waals surface area contributed by atoms with Crippen molar-refractivity contribution in [1.29, 1.82) is 0 Å². The summed E-state index contributed by atoms with van der Waals surface area (Å²) in [4.78, 5) is 30.3. The van der Waals surface area contributed by atoms with Gasteiger partial charge in [-0.2, -0.15) is 0 Å². The SMILES string of the molecule is CC1(C)NC(=O)C(C)(C)N(Cc2nccs2)C1=O. The third-order valence-electron chi connectivity index (χ3n) is 3.21. The van der Waals surface area contributed by atoms with E-state index in [1.54, 1.807) is 38.8 Å². The fourth-order valence-electron chi connectivity index (χ4n) is 1.94. The standard InChI is InChI=1S/C12H17N3O2S/c1-11(2)10(17)15(7-8-13-5-6-18-8)12(3,4)9(16)14-11/h5-6H,7H2,1-4H3,(H,14,16). The Kier molecular flexibility index (Phi) is 2.93. The Morgan fingerprint density at radius 2 is 2.00 bits per heavy atom. The Bertz CT molecular complexity index is 480. The summed E-state index contributed by atoms with van der Waals surface area (Å²) in [5.41, 5.74) is -1.71. The predicted molar refractivity (Wildman–Crippen MR) is 69.0 cm³/mol. The van der Waals surface area contributed by atoms with Crippen molar-refractivity contribution < 1.29 is 9.59 Å². The molecule has 1 N–H and O–H groups in total. The number of nitrogens with one attached hydrogen (secondary N) is 1. The van der Waals surface area contributed by atoms with Crippen molar-refractivity contribution in [3.63, 3.8) is 0 Å². The maximum Gasteiger partial charge on any atom is 0.249 e. The zero-order chi connectivity index (χ0) is 13.6. The molecule has 0 atom stereocenters. The number of thiazole rings is 1. The summed E-state index contributed by atoms with van der Waals surface area (Å²) in [6.07, 6.45) is 1.70. The molecule has 0 aliphatic carbocycles. The summed E-state index contributed by atoms with van der Waals surface area (Å²) >= 11 is 1.48. The number of hydrogen-bond donors (Lipinski definition) is 1. The molecule has 0 spiro atoms. The number of amides is 2. The Balaban J connectivity index is 2.34. The lowest BCUT2D eigenvalue weighted by Gasteiger charge is -2.47.